The quantitative estimate of drug-likeness (QED) is 0.248. The number of nitrogens with two attached hydrogens (primary N) is 1. The molecule has 1 amide bonds. The lowest BCUT2D eigenvalue weighted by atomic mass is 9.99. The van der Waals surface area contributed by atoms with Crippen LogP contribution in [0.3, 0.4) is 0 Å². The second-order valence-electron chi connectivity index (χ2n) is 12.4. The molecule has 0 bridgehead atoms. The molecule has 0 saturated carbocycles. The van der Waals surface area contributed by atoms with Gasteiger partial charge in [0.05, 0.1) is 37.5 Å². The Balaban J connectivity index is 1.34. The third-order valence-corrected chi connectivity index (χ3v) is 9.08. The Morgan fingerprint density at radius 2 is 1.67 bits per heavy atom. The summed E-state index contributed by atoms with van der Waals surface area (Å²) in [6, 6.07) is 12.3. The van der Waals surface area contributed by atoms with Crippen molar-refractivity contribution in [2.24, 2.45) is 5.73 Å². The van der Waals surface area contributed by atoms with Crippen LogP contribution in [0.2, 0.25) is 0 Å². The molecule has 260 valence electrons. The molecule has 10 nitrogen and oxygen atoms in total. The number of benzene rings is 2. The number of alkyl halides is 3. The van der Waals surface area contributed by atoms with Crippen LogP contribution in [0.4, 0.5) is 24.5 Å². The number of nitrogens with one attached hydrogen (secondary N) is 1. The van der Waals surface area contributed by atoms with E-state index in [1.165, 1.54) is 6.07 Å². The van der Waals surface area contributed by atoms with E-state index in [1.54, 1.807) is 33.9 Å². The second-order valence-corrected chi connectivity index (χ2v) is 12.4. The number of hydrogen-bond donors (Lipinski definition) is 2. The molecule has 2 aliphatic heterocycles. The Hall–Kier alpha value is -4.30. The molecule has 2 fully saturated rings. The SMILES string of the molecule is Cc1ccc(NC(=O)c2cc(N3CCOCC3)cc(C(F)(F)F)c2)cc1-c1cc2cnc(CCCN)cc2n(CCN2CCOCC2)c1=O. The standard InChI is InChI=1S/C36H41F3N6O4/c1-24-4-5-29(42-34(46)25-17-27(36(37,38)39)20-30(18-25)44-11-15-49-16-12-44)21-31(24)32-19-26-23-41-28(3-2-6-40)22-33(26)45(35(32)47)8-7-43-9-13-48-14-10-43/h4-5,17-23H,2-3,6-16,40H2,1H3,(H,42,46). The van der Waals surface area contributed by atoms with Crippen LogP contribution in [0.25, 0.3) is 22.0 Å². The number of aryl methyl sites for hydroxylation is 2. The van der Waals surface area contributed by atoms with Gasteiger partial charge >= 0.3 is 6.18 Å². The third-order valence-electron chi connectivity index (χ3n) is 9.08. The predicted molar refractivity (Wildman–Crippen MR) is 183 cm³/mol. The first kappa shape index (κ1) is 34.6. The first-order valence-corrected chi connectivity index (χ1v) is 16.6. The van der Waals surface area contributed by atoms with Gasteiger partial charge in [0, 0.05) is 79.0 Å². The van der Waals surface area contributed by atoms with Crippen molar-refractivity contribution in [2.75, 3.05) is 75.9 Å². The topological polar surface area (TPSA) is 115 Å². The highest BCUT2D eigenvalue weighted by atomic mass is 19.4. The van der Waals surface area contributed by atoms with Crippen LogP contribution in [0.1, 0.15) is 33.6 Å². The lowest BCUT2D eigenvalue weighted by molar-refractivity contribution is -0.137. The number of aromatic nitrogens is 2. The number of amides is 1. The number of nitrogens with zero attached hydrogens (tertiary/aromatic N) is 4. The molecule has 0 spiro atoms. The van der Waals surface area contributed by atoms with Gasteiger partial charge in [0.15, 0.2) is 0 Å². The lowest BCUT2D eigenvalue weighted by Crippen LogP contribution is -2.39. The van der Waals surface area contributed by atoms with Gasteiger partial charge in [0.1, 0.15) is 0 Å². The average molecular weight is 679 g/mol. The van der Waals surface area contributed by atoms with E-state index in [9.17, 15) is 22.8 Å². The highest BCUT2D eigenvalue weighted by molar-refractivity contribution is 6.05. The van der Waals surface area contributed by atoms with Gasteiger partial charge in [0.2, 0.25) is 0 Å². The fourth-order valence-corrected chi connectivity index (χ4v) is 6.32. The van der Waals surface area contributed by atoms with Crippen LogP contribution >= 0.6 is 0 Å². The number of carbonyl (C=O) groups excluding carboxylic acids is 1. The van der Waals surface area contributed by atoms with Gasteiger partial charge in [-0.2, -0.15) is 13.2 Å². The zero-order chi connectivity index (χ0) is 34.5. The molecule has 4 heterocycles. The van der Waals surface area contributed by atoms with Crippen molar-refractivity contribution in [2.45, 2.75) is 32.5 Å². The Bertz CT molecular complexity index is 1870. The summed E-state index contributed by atoms with van der Waals surface area (Å²) < 4.78 is 54.3. The van der Waals surface area contributed by atoms with E-state index in [4.69, 9.17) is 15.2 Å². The molecule has 2 aromatic heterocycles. The van der Waals surface area contributed by atoms with Crippen molar-refractivity contribution in [1.82, 2.24) is 14.5 Å². The van der Waals surface area contributed by atoms with E-state index in [0.717, 1.165) is 53.8 Å². The maximum atomic E-state index is 14.3. The highest BCUT2D eigenvalue weighted by Gasteiger charge is 2.32. The fourth-order valence-electron chi connectivity index (χ4n) is 6.32. The maximum absolute atomic E-state index is 14.3. The van der Waals surface area contributed by atoms with Crippen LogP contribution in [-0.4, -0.2) is 86.1 Å². The zero-order valence-electron chi connectivity index (χ0n) is 27.5. The third kappa shape index (κ3) is 8.13. The number of hydrogen-bond acceptors (Lipinski definition) is 8. The molecule has 0 aliphatic carbocycles. The smallest absolute Gasteiger partial charge is 0.379 e. The van der Waals surface area contributed by atoms with Gasteiger partial charge in [-0.25, -0.2) is 0 Å². The summed E-state index contributed by atoms with van der Waals surface area (Å²) >= 11 is 0. The Morgan fingerprint density at radius 3 is 2.39 bits per heavy atom. The number of ether oxygens (including phenoxy) is 2. The number of anilines is 2. The summed E-state index contributed by atoms with van der Waals surface area (Å²) in [5.41, 5.74) is 8.67. The molecular formula is C36H41F3N6O4. The van der Waals surface area contributed by atoms with Gasteiger partial charge in [-0.15, -0.1) is 0 Å². The molecule has 2 aliphatic rings. The molecule has 0 atom stereocenters. The van der Waals surface area contributed by atoms with E-state index >= 15 is 0 Å². The maximum Gasteiger partial charge on any atom is 0.416 e. The number of pyridine rings is 2. The van der Waals surface area contributed by atoms with Gasteiger partial charge in [-0.1, -0.05) is 6.07 Å². The Morgan fingerprint density at radius 1 is 0.939 bits per heavy atom. The molecule has 4 aromatic rings. The van der Waals surface area contributed by atoms with E-state index in [1.807, 2.05) is 19.1 Å². The van der Waals surface area contributed by atoms with Crippen LogP contribution in [0.5, 0.6) is 0 Å². The summed E-state index contributed by atoms with van der Waals surface area (Å²) in [4.78, 5) is 36.4. The minimum atomic E-state index is -4.63. The zero-order valence-corrected chi connectivity index (χ0v) is 27.5. The number of morpholine rings is 2. The molecule has 3 N–H and O–H groups in total. The van der Waals surface area contributed by atoms with Gasteiger partial charge in [-0.05, 0) is 79.9 Å². The Labute approximate surface area is 282 Å². The second kappa shape index (κ2) is 15.1. The van der Waals surface area contributed by atoms with Gasteiger partial charge < -0.3 is 30.0 Å². The van der Waals surface area contributed by atoms with E-state index in [0.29, 0.717) is 88.1 Å². The molecule has 2 aromatic carbocycles. The molecule has 0 unspecified atom stereocenters. The van der Waals surface area contributed by atoms with Crippen LogP contribution in [0.15, 0.2) is 59.5 Å². The van der Waals surface area contributed by atoms with Gasteiger partial charge in [-0.3, -0.25) is 19.5 Å². The number of fused-ring (bicyclic) bond motifs is 1. The first-order chi connectivity index (χ1) is 23.6. The summed E-state index contributed by atoms with van der Waals surface area (Å²) in [6.07, 6.45) is -1.38. The Kier molecular flexibility index (Phi) is 10.6. The minimum Gasteiger partial charge on any atom is -0.379 e. The molecular weight excluding hydrogens is 637 g/mol. The summed E-state index contributed by atoms with van der Waals surface area (Å²) in [5, 5.41) is 3.56. The largest absolute Gasteiger partial charge is 0.416 e. The number of carbonyl (C=O) groups is 1. The van der Waals surface area contributed by atoms with E-state index in [-0.39, 0.29) is 11.1 Å². The average Bonchev–Trinajstić information content (AvgIpc) is 3.11. The van der Waals surface area contributed by atoms with Crippen molar-refractivity contribution in [3.8, 4) is 11.1 Å². The van der Waals surface area contributed by atoms with Crippen LogP contribution in [-0.2, 0) is 28.6 Å². The van der Waals surface area contributed by atoms with Crippen LogP contribution < -0.4 is 21.5 Å². The number of rotatable bonds is 10. The monoisotopic (exact) mass is 678 g/mol. The van der Waals surface area contributed by atoms with E-state index in [2.05, 4.69) is 15.2 Å². The van der Waals surface area contributed by atoms with Crippen molar-refractivity contribution in [3.63, 3.8) is 0 Å². The van der Waals surface area contributed by atoms with Gasteiger partial charge in [0.25, 0.3) is 11.5 Å². The number of halogens is 3. The summed E-state index contributed by atoms with van der Waals surface area (Å²) in [6.45, 7) is 8.03. The minimum absolute atomic E-state index is 0.119. The molecule has 13 heteroatoms. The first-order valence-electron chi connectivity index (χ1n) is 16.6. The van der Waals surface area contributed by atoms with E-state index < -0.39 is 17.6 Å². The van der Waals surface area contributed by atoms with Crippen molar-refractivity contribution in [1.29, 1.82) is 0 Å². The molecule has 2 saturated heterocycles. The molecule has 6 rings (SSSR count). The highest BCUT2D eigenvalue weighted by Crippen LogP contribution is 2.34. The fraction of sp³-hybridized carbons (Fsp3) is 0.417. The normalized spacial score (nSPS) is 15.9. The van der Waals surface area contributed by atoms with Crippen molar-refractivity contribution >= 4 is 28.2 Å². The molecule has 49 heavy (non-hydrogen) atoms. The lowest BCUT2D eigenvalue weighted by Gasteiger charge is -2.29. The summed E-state index contributed by atoms with van der Waals surface area (Å²) in [5.74, 6) is -0.689. The van der Waals surface area contributed by atoms with Crippen molar-refractivity contribution in [3.05, 3.63) is 87.5 Å². The van der Waals surface area contributed by atoms with Crippen molar-refractivity contribution < 1.29 is 27.4 Å². The molecule has 0 radical (unpaired) electrons. The predicted octanol–water partition coefficient (Wildman–Crippen LogP) is 4.70. The van der Waals surface area contributed by atoms with Crippen LogP contribution in [0, 0.1) is 6.92 Å². The summed E-state index contributed by atoms with van der Waals surface area (Å²) in [7, 11) is 0.